The molecule has 1 aromatic heterocycles. The van der Waals surface area contributed by atoms with Crippen molar-refractivity contribution in [1.82, 2.24) is 10.1 Å². The highest BCUT2D eigenvalue weighted by molar-refractivity contribution is 5.93. The molecular formula is C18H22N2O4. The lowest BCUT2D eigenvalue weighted by molar-refractivity contribution is 0.0574. The van der Waals surface area contributed by atoms with E-state index in [2.05, 4.69) is 5.16 Å². The fourth-order valence-corrected chi connectivity index (χ4v) is 3.02. The van der Waals surface area contributed by atoms with Crippen LogP contribution in [0.3, 0.4) is 0 Å². The van der Waals surface area contributed by atoms with Gasteiger partial charge < -0.3 is 18.9 Å². The molecule has 1 aromatic carbocycles. The zero-order valence-electron chi connectivity index (χ0n) is 14.2. The highest BCUT2D eigenvalue weighted by Gasteiger charge is 2.37. The molecule has 2 aromatic rings. The van der Waals surface area contributed by atoms with Crippen molar-refractivity contribution in [2.24, 2.45) is 0 Å². The van der Waals surface area contributed by atoms with Crippen LogP contribution in [0.25, 0.3) is 11.3 Å². The molecule has 2 atom stereocenters. The molecule has 6 nitrogen and oxygen atoms in total. The molecule has 0 spiro atoms. The first-order valence-corrected chi connectivity index (χ1v) is 7.99. The van der Waals surface area contributed by atoms with Crippen molar-refractivity contribution in [2.45, 2.75) is 25.5 Å². The molecule has 1 fully saturated rings. The van der Waals surface area contributed by atoms with Crippen LogP contribution >= 0.6 is 0 Å². The van der Waals surface area contributed by atoms with Gasteiger partial charge in [-0.3, -0.25) is 4.79 Å². The third-order valence-corrected chi connectivity index (χ3v) is 4.40. The van der Waals surface area contributed by atoms with Gasteiger partial charge in [0.1, 0.15) is 5.69 Å². The molecule has 0 bridgehead atoms. The van der Waals surface area contributed by atoms with Crippen LogP contribution in [-0.2, 0) is 9.47 Å². The van der Waals surface area contributed by atoms with Crippen LogP contribution in [0.2, 0.25) is 0 Å². The number of hydrogen-bond acceptors (Lipinski definition) is 5. The third-order valence-electron chi connectivity index (χ3n) is 4.40. The molecule has 24 heavy (non-hydrogen) atoms. The number of ether oxygens (including phenoxy) is 2. The SMILES string of the molecule is COC[C@@H]1C[C@H](OC)CN1C(=O)c1cc(-c2ccc(C)cc2)no1. The molecular weight excluding hydrogens is 308 g/mol. The number of rotatable bonds is 5. The van der Waals surface area contributed by atoms with E-state index in [0.29, 0.717) is 18.8 Å². The first-order valence-electron chi connectivity index (χ1n) is 7.99. The lowest BCUT2D eigenvalue weighted by atomic mass is 10.1. The predicted octanol–water partition coefficient (Wildman–Crippen LogP) is 2.53. The normalized spacial score (nSPS) is 20.5. The van der Waals surface area contributed by atoms with Crippen LogP contribution in [-0.4, -0.2) is 55.5 Å². The van der Waals surface area contributed by atoms with E-state index in [1.54, 1.807) is 25.2 Å². The van der Waals surface area contributed by atoms with Crippen LogP contribution in [0.5, 0.6) is 0 Å². The second kappa shape index (κ2) is 7.15. The smallest absolute Gasteiger partial charge is 0.292 e. The molecule has 1 aliphatic rings. The number of methoxy groups -OCH3 is 2. The van der Waals surface area contributed by atoms with Crippen molar-refractivity contribution >= 4 is 5.91 Å². The average molecular weight is 330 g/mol. The van der Waals surface area contributed by atoms with Gasteiger partial charge in [-0.05, 0) is 13.3 Å². The Labute approximate surface area is 141 Å². The monoisotopic (exact) mass is 330 g/mol. The number of hydrogen-bond donors (Lipinski definition) is 0. The molecule has 128 valence electrons. The van der Waals surface area contributed by atoms with E-state index < -0.39 is 0 Å². The van der Waals surface area contributed by atoms with Gasteiger partial charge in [-0.2, -0.15) is 0 Å². The quantitative estimate of drug-likeness (QED) is 0.843. The summed E-state index contributed by atoms with van der Waals surface area (Å²) in [5.74, 6) is 0.0610. The zero-order valence-corrected chi connectivity index (χ0v) is 14.2. The van der Waals surface area contributed by atoms with E-state index >= 15 is 0 Å². The van der Waals surface area contributed by atoms with Crippen molar-refractivity contribution in [3.8, 4) is 11.3 Å². The summed E-state index contributed by atoms with van der Waals surface area (Å²) in [6.45, 7) is 3.03. The Morgan fingerprint density at radius 2 is 2.08 bits per heavy atom. The number of likely N-dealkylation sites (tertiary alicyclic amines) is 1. The largest absolute Gasteiger partial charge is 0.383 e. The highest BCUT2D eigenvalue weighted by Crippen LogP contribution is 2.25. The van der Waals surface area contributed by atoms with Crippen molar-refractivity contribution in [2.75, 3.05) is 27.4 Å². The van der Waals surface area contributed by atoms with Gasteiger partial charge in [-0.25, -0.2) is 0 Å². The molecule has 0 N–H and O–H groups in total. The maximum atomic E-state index is 12.8. The molecule has 1 amide bonds. The topological polar surface area (TPSA) is 64.8 Å². The summed E-state index contributed by atoms with van der Waals surface area (Å²) in [6, 6.07) is 9.61. The summed E-state index contributed by atoms with van der Waals surface area (Å²) in [4.78, 5) is 14.5. The lowest BCUT2D eigenvalue weighted by Crippen LogP contribution is -2.38. The molecule has 0 radical (unpaired) electrons. The highest BCUT2D eigenvalue weighted by atomic mass is 16.5. The number of aromatic nitrogens is 1. The number of carbonyl (C=O) groups excluding carboxylic acids is 1. The van der Waals surface area contributed by atoms with E-state index in [4.69, 9.17) is 14.0 Å². The Hall–Kier alpha value is -2.18. The minimum atomic E-state index is -0.178. The van der Waals surface area contributed by atoms with E-state index in [-0.39, 0.29) is 23.8 Å². The van der Waals surface area contributed by atoms with Gasteiger partial charge in [-0.15, -0.1) is 0 Å². The van der Waals surface area contributed by atoms with Gasteiger partial charge in [0, 0.05) is 32.4 Å². The van der Waals surface area contributed by atoms with Crippen LogP contribution < -0.4 is 0 Å². The molecule has 0 saturated carbocycles. The van der Waals surface area contributed by atoms with Gasteiger partial charge >= 0.3 is 0 Å². The first kappa shape index (κ1) is 16.7. The Balaban J connectivity index is 1.78. The van der Waals surface area contributed by atoms with Crippen LogP contribution in [0.4, 0.5) is 0 Å². The summed E-state index contributed by atoms with van der Waals surface area (Å²) in [7, 11) is 3.29. The van der Waals surface area contributed by atoms with Crippen molar-refractivity contribution in [3.63, 3.8) is 0 Å². The second-order valence-electron chi connectivity index (χ2n) is 6.10. The van der Waals surface area contributed by atoms with E-state index in [1.807, 2.05) is 31.2 Å². The molecule has 0 aliphatic carbocycles. The summed E-state index contributed by atoms with van der Waals surface area (Å²) in [5.41, 5.74) is 2.75. The number of carbonyl (C=O) groups is 1. The molecule has 1 saturated heterocycles. The van der Waals surface area contributed by atoms with Crippen molar-refractivity contribution < 1.29 is 18.8 Å². The number of amides is 1. The number of aryl methyl sites for hydroxylation is 1. The zero-order chi connectivity index (χ0) is 17.1. The van der Waals surface area contributed by atoms with Gasteiger partial charge in [0.2, 0.25) is 5.76 Å². The maximum Gasteiger partial charge on any atom is 0.292 e. The van der Waals surface area contributed by atoms with E-state index in [1.165, 1.54) is 5.56 Å². The first-order chi connectivity index (χ1) is 11.6. The maximum absolute atomic E-state index is 12.8. The Kier molecular flexibility index (Phi) is 4.97. The molecule has 6 heteroatoms. The summed E-state index contributed by atoms with van der Waals surface area (Å²) >= 11 is 0. The predicted molar refractivity (Wildman–Crippen MR) is 88.8 cm³/mol. The average Bonchev–Trinajstić information content (AvgIpc) is 3.22. The number of nitrogens with zero attached hydrogens (tertiary/aromatic N) is 2. The fraction of sp³-hybridized carbons (Fsp3) is 0.444. The minimum absolute atomic E-state index is 0.0135. The summed E-state index contributed by atoms with van der Waals surface area (Å²) < 4.78 is 15.9. The lowest BCUT2D eigenvalue weighted by Gasteiger charge is -2.22. The van der Waals surface area contributed by atoms with Crippen LogP contribution in [0.1, 0.15) is 22.5 Å². The molecule has 1 aliphatic heterocycles. The minimum Gasteiger partial charge on any atom is -0.383 e. The van der Waals surface area contributed by atoms with E-state index in [0.717, 1.165) is 12.0 Å². The van der Waals surface area contributed by atoms with Crippen molar-refractivity contribution in [1.29, 1.82) is 0 Å². The molecule has 3 rings (SSSR count). The second-order valence-corrected chi connectivity index (χ2v) is 6.10. The summed E-state index contributed by atoms with van der Waals surface area (Å²) in [6.07, 6.45) is 0.781. The van der Waals surface area contributed by atoms with Crippen molar-refractivity contribution in [3.05, 3.63) is 41.7 Å². The Bertz CT molecular complexity index is 695. The van der Waals surface area contributed by atoms with Gasteiger partial charge in [-0.1, -0.05) is 35.0 Å². The van der Waals surface area contributed by atoms with Gasteiger partial charge in [0.25, 0.3) is 5.91 Å². The van der Waals surface area contributed by atoms with Crippen LogP contribution in [0.15, 0.2) is 34.9 Å². The Morgan fingerprint density at radius 3 is 2.75 bits per heavy atom. The summed E-state index contributed by atoms with van der Waals surface area (Å²) in [5, 5.41) is 4.03. The number of benzene rings is 1. The Morgan fingerprint density at radius 1 is 1.33 bits per heavy atom. The standard InChI is InChI=1S/C18H22N2O4/c1-12-4-6-13(7-5-12)16-9-17(24-19-16)18(21)20-10-15(23-3)8-14(20)11-22-2/h4-7,9,14-15H,8,10-11H2,1-3H3/t14-,15-/m0/s1. The molecule has 2 heterocycles. The van der Waals surface area contributed by atoms with Gasteiger partial charge in [0.05, 0.1) is 18.8 Å². The van der Waals surface area contributed by atoms with Gasteiger partial charge in [0.15, 0.2) is 0 Å². The van der Waals surface area contributed by atoms with E-state index in [9.17, 15) is 4.79 Å². The third kappa shape index (κ3) is 3.34. The molecule has 0 unspecified atom stereocenters. The fourth-order valence-electron chi connectivity index (χ4n) is 3.02. The van der Waals surface area contributed by atoms with Crippen LogP contribution in [0, 0.1) is 6.92 Å².